The average molecular weight is 228 g/mol. The van der Waals surface area contributed by atoms with Crippen molar-refractivity contribution in [2.45, 2.75) is 6.04 Å². The van der Waals surface area contributed by atoms with Crippen LogP contribution in [0, 0.1) is 0 Å². The second kappa shape index (κ2) is 3.35. The predicted octanol–water partition coefficient (Wildman–Crippen LogP) is 2.25. The zero-order valence-corrected chi connectivity index (χ0v) is 8.17. The Morgan fingerprint density at radius 2 is 2.33 bits per heavy atom. The van der Waals surface area contributed by atoms with Gasteiger partial charge in [-0.2, -0.15) is 0 Å². The lowest BCUT2D eigenvalue weighted by Gasteiger charge is -2.25. The summed E-state index contributed by atoms with van der Waals surface area (Å²) in [6.07, 6.45) is 0. The van der Waals surface area contributed by atoms with Crippen molar-refractivity contribution in [3.05, 3.63) is 24.3 Å². The first-order valence-electron chi connectivity index (χ1n) is 3.94. The number of fused-ring (bicyclic) bond motifs is 1. The molecule has 1 atom stereocenters. The third kappa shape index (κ3) is 1.41. The molecule has 0 saturated carbocycles. The number of para-hydroxylation sites is 2. The zero-order chi connectivity index (χ0) is 8.39. The summed E-state index contributed by atoms with van der Waals surface area (Å²) in [5.74, 6) is 0.953. The minimum atomic E-state index is 0.389. The van der Waals surface area contributed by atoms with E-state index in [0.29, 0.717) is 6.04 Å². The van der Waals surface area contributed by atoms with E-state index in [4.69, 9.17) is 4.74 Å². The Labute approximate surface area is 80.1 Å². The first kappa shape index (κ1) is 7.92. The molecule has 2 rings (SSSR count). The standard InChI is InChI=1S/C9H10BrNO/c10-5-7-6-12-9-4-2-1-3-8(9)11-7/h1-4,7,11H,5-6H2/t7-/m1/s1. The summed E-state index contributed by atoms with van der Waals surface area (Å²) in [5, 5.41) is 4.29. The van der Waals surface area contributed by atoms with Crippen LogP contribution < -0.4 is 10.1 Å². The van der Waals surface area contributed by atoms with E-state index in [-0.39, 0.29) is 0 Å². The van der Waals surface area contributed by atoms with Crippen LogP contribution in [0.5, 0.6) is 5.75 Å². The molecule has 1 aliphatic heterocycles. The SMILES string of the molecule is BrC[C@@H]1COc2ccccc2N1. The van der Waals surface area contributed by atoms with E-state index < -0.39 is 0 Å². The summed E-state index contributed by atoms with van der Waals surface area (Å²) in [4.78, 5) is 0. The van der Waals surface area contributed by atoms with Gasteiger partial charge in [0.1, 0.15) is 12.4 Å². The fourth-order valence-corrected chi connectivity index (χ4v) is 1.60. The Hall–Kier alpha value is -0.700. The van der Waals surface area contributed by atoms with Crippen molar-refractivity contribution in [3.63, 3.8) is 0 Å². The molecule has 0 aliphatic carbocycles. The summed E-state index contributed by atoms with van der Waals surface area (Å²) in [7, 11) is 0. The van der Waals surface area contributed by atoms with E-state index in [1.165, 1.54) is 0 Å². The van der Waals surface area contributed by atoms with Crippen LogP contribution in [-0.4, -0.2) is 18.0 Å². The van der Waals surface area contributed by atoms with Gasteiger partial charge < -0.3 is 10.1 Å². The van der Waals surface area contributed by atoms with Gasteiger partial charge in [0.2, 0.25) is 0 Å². The molecule has 3 heteroatoms. The van der Waals surface area contributed by atoms with Gasteiger partial charge in [-0.25, -0.2) is 0 Å². The fraction of sp³-hybridized carbons (Fsp3) is 0.333. The topological polar surface area (TPSA) is 21.3 Å². The van der Waals surface area contributed by atoms with E-state index in [1.807, 2.05) is 24.3 Å². The van der Waals surface area contributed by atoms with Crippen LogP contribution in [0.1, 0.15) is 0 Å². The molecule has 1 N–H and O–H groups in total. The fourth-order valence-electron chi connectivity index (χ4n) is 1.25. The lowest BCUT2D eigenvalue weighted by Crippen LogP contribution is -2.32. The maximum atomic E-state index is 5.53. The highest BCUT2D eigenvalue weighted by Crippen LogP contribution is 2.28. The molecule has 1 aromatic rings. The van der Waals surface area contributed by atoms with Crippen molar-refractivity contribution in [2.75, 3.05) is 17.3 Å². The Bertz CT molecular complexity index is 277. The summed E-state index contributed by atoms with van der Waals surface area (Å²) < 4.78 is 5.53. The Kier molecular flexibility index (Phi) is 2.21. The molecule has 1 aliphatic rings. The van der Waals surface area contributed by atoms with Crippen LogP contribution in [0.2, 0.25) is 0 Å². The lowest BCUT2D eigenvalue weighted by atomic mass is 10.2. The number of hydrogen-bond acceptors (Lipinski definition) is 2. The molecule has 0 radical (unpaired) electrons. The number of anilines is 1. The molecule has 64 valence electrons. The normalized spacial score (nSPS) is 20.6. The molecule has 0 amide bonds. The second-order valence-corrected chi connectivity index (χ2v) is 3.45. The summed E-state index contributed by atoms with van der Waals surface area (Å²) in [6, 6.07) is 8.39. The zero-order valence-electron chi connectivity index (χ0n) is 6.59. The first-order chi connectivity index (χ1) is 5.90. The van der Waals surface area contributed by atoms with Gasteiger partial charge in [0.25, 0.3) is 0 Å². The van der Waals surface area contributed by atoms with Gasteiger partial charge in [0, 0.05) is 5.33 Å². The van der Waals surface area contributed by atoms with Gasteiger partial charge in [0.05, 0.1) is 11.7 Å². The number of rotatable bonds is 1. The van der Waals surface area contributed by atoms with Crippen molar-refractivity contribution in [2.24, 2.45) is 0 Å². The summed E-state index contributed by atoms with van der Waals surface area (Å²) in [6.45, 7) is 0.738. The molecule has 0 aromatic heterocycles. The van der Waals surface area contributed by atoms with Gasteiger partial charge in [-0.05, 0) is 12.1 Å². The summed E-state index contributed by atoms with van der Waals surface area (Å²) in [5.41, 5.74) is 1.09. The highest BCUT2D eigenvalue weighted by atomic mass is 79.9. The van der Waals surface area contributed by atoms with Crippen molar-refractivity contribution < 1.29 is 4.74 Å². The van der Waals surface area contributed by atoms with E-state index in [0.717, 1.165) is 23.4 Å². The van der Waals surface area contributed by atoms with Crippen LogP contribution in [0.15, 0.2) is 24.3 Å². The molecule has 0 bridgehead atoms. The van der Waals surface area contributed by atoms with Gasteiger partial charge in [-0.15, -0.1) is 0 Å². The van der Waals surface area contributed by atoms with Crippen LogP contribution >= 0.6 is 15.9 Å². The van der Waals surface area contributed by atoms with E-state index in [2.05, 4.69) is 21.2 Å². The highest BCUT2D eigenvalue weighted by molar-refractivity contribution is 9.09. The van der Waals surface area contributed by atoms with E-state index >= 15 is 0 Å². The molecule has 1 aromatic carbocycles. The van der Waals surface area contributed by atoms with Crippen molar-refractivity contribution in [1.29, 1.82) is 0 Å². The second-order valence-electron chi connectivity index (χ2n) is 2.80. The van der Waals surface area contributed by atoms with Gasteiger partial charge in [-0.3, -0.25) is 0 Å². The number of benzene rings is 1. The first-order valence-corrected chi connectivity index (χ1v) is 5.06. The van der Waals surface area contributed by atoms with Gasteiger partial charge >= 0.3 is 0 Å². The lowest BCUT2D eigenvalue weighted by molar-refractivity contribution is 0.294. The maximum absolute atomic E-state index is 5.53. The van der Waals surface area contributed by atoms with Gasteiger partial charge in [-0.1, -0.05) is 28.1 Å². The van der Waals surface area contributed by atoms with Crippen LogP contribution in [0.4, 0.5) is 5.69 Å². The Morgan fingerprint density at radius 1 is 1.50 bits per heavy atom. The molecule has 12 heavy (non-hydrogen) atoms. The summed E-state index contributed by atoms with van der Waals surface area (Å²) >= 11 is 3.42. The number of hydrogen-bond donors (Lipinski definition) is 1. The van der Waals surface area contributed by atoms with Crippen LogP contribution in [-0.2, 0) is 0 Å². The minimum absolute atomic E-state index is 0.389. The number of nitrogens with one attached hydrogen (secondary N) is 1. The van der Waals surface area contributed by atoms with Crippen molar-refractivity contribution >= 4 is 21.6 Å². The Morgan fingerprint density at radius 3 is 3.17 bits per heavy atom. The largest absolute Gasteiger partial charge is 0.489 e. The number of ether oxygens (including phenoxy) is 1. The third-order valence-electron chi connectivity index (χ3n) is 1.87. The molecule has 0 unspecified atom stereocenters. The van der Waals surface area contributed by atoms with Crippen LogP contribution in [0.3, 0.4) is 0 Å². The van der Waals surface area contributed by atoms with Crippen molar-refractivity contribution in [3.8, 4) is 5.75 Å². The smallest absolute Gasteiger partial charge is 0.142 e. The molecule has 1 heterocycles. The predicted molar refractivity (Wildman–Crippen MR) is 53.1 cm³/mol. The van der Waals surface area contributed by atoms with E-state index in [9.17, 15) is 0 Å². The van der Waals surface area contributed by atoms with Gasteiger partial charge in [0.15, 0.2) is 0 Å². The molecular weight excluding hydrogens is 218 g/mol. The average Bonchev–Trinajstić information content (AvgIpc) is 2.17. The highest BCUT2D eigenvalue weighted by Gasteiger charge is 2.16. The number of halogens is 1. The maximum Gasteiger partial charge on any atom is 0.142 e. The molecular formula is C9H10BrNO. The molecule has 2 nitrogen and oxygen atoms in total. The van der Waals surface area contributed by atoms with Crippen LogP contribution in [0.25, 0.3) is 0 Å². The van der Waals surface area contributed by atoms with E-state index in [1.54, 1.807) is 0 Å². The Balaban J connectivity index is 2.23. The molecule has 0 spiro atoms. The minimum Gasteiger partial charge on any atom is -0.489 e. The third-order valence-corrected chi connectivity index (χ3v) is 2.65. The monoisotopic (exact) mass is 227 g/mol. The molecule has 0 fully saturated rings. The quantitative estimate of drug-likeness (QED) is 0.744. The van der Waals surface area contributed by atoms with Crippen molar-refractivity contribution in [1.82, 2.24) is 0 Å². The number of alkyl halides is 1. The molecule has 0 saturated heterocycles.